The molecule has 5 atom stereocenters. The lowest BCUT2D eigenvalue weighted by Crippen LogP contribution is -2.54. The molecule has 0 aliphatic carbocycles. The summed E-state index contributed by atoms with van der Waals surface area (Å²) >= 11 is 0. The summed E-state index contributed by atoms with van der Waals surface area (Å²) in [4.78, 5) is 17.8. The zero-order chi connectivity index (χ0) is 19.1. The van der Waals surface area contributed by atoms with Crippen molar-refractivity contribution in [3.05, 3.63) is 52.7 Å². The van der Waals surface area contributed by atoms with E-state index in [-0.39, 0.29) is 17.5 Å². The molecule has 7 heteroatoms. The van der Waals surface area contributed by atoms with Crippen LogP contribution >= 0.6 is 0 Å². The fourth-order valence-corrected chi connectivity index (χ4v) is 4.74. The Morgan fingerprint density at radius 2 is 2.30 bits per heavy atom. The molecule has 1 aromatic heterocycles. The molecule has 1 aromatic carbocycles. The smallest absolute Gasteiger partial charge is 0.320 e. The number of fused-ring (bicyclic) bond motifs is 4. The van der Waals surface area contributed by atoms with Crippen molar-refractivity contribution in [3.63, 3.8) is 0 Å². The van der Waals surface area contributed by atoms with Crippen molar-refractivity contribution in [3.8, 4) is 5.75 Å². The van der Waals surface area contributed by atoms with Gasteiger partial charge in [-0.25, -0.2) is 0 Å². The van der Waals surface area contributed by atoms with Crippen molar-refractivity contribution >= 4 is 16.6 Å². The van der Waals surface area contributed by atoms with Crippen molar-refractivity contribution in [2.75, 3.05) is 20.2 Å². The number of pyridine rings is 1. The molecule has 142 valence electrons. The van der Waals surface area contributed by atoms with Crippen LogP contribution in [0.1, 0.15) is 24.5 Å². The Hall–Kier alpha value is -2.51. The van der Waals surface area contributed by atoms with Gasteiger partial charge in [-0.1, -0.05) is 6.08 Å². The molecule has 7 nitrogen and oxygen atoms in total. The average Bonchev–Trinajstić information content (AvgIpc) is 2.71. The van der Waals surface area contributed by atoms with E-state index < -0.39 is 11.0 Å². The summed E-state index contributed by atoms with van der Waals surface area (Å²) in [5.41, 5.74) is 0.884. The van der Waals surface area contributed by atoms with Crippen LogP contribution in [-0.2, 0) is 0 Å². The number of aliphatic hydroxyl groups is 1. The number of nitro benzene ring substituents is 1. The fourth-order valence-electron chi connectivity index (χ4n) is 4.74. The molecular formula is C20H23N3O4. The number of hydrogen-bond donors (Lipinski definition) is 1. The van der Waals surface area contributed by atoms with Gasteiger partial charge >= 0.3 is 5.69 Å². The predicted octanol–water partition coefficient (Wildman–Crippen LogP) is 3.08. The van der Waals surface area contributed by atoms with Crippen LogP contribution in [0.5, 0.6) is 5.75 Å². The Kier molecular flexibility index (Phi) is 4.57. The molecule has 0 spiro atoms. The minimum atomic E-state index is -0.824. The van der Waals surface area contributed by atoms with Gasteiger partial charge in [0.15, 0.2) is 5.75 Å². The molecule has 3 aliphatic rings. The van der Waals surface area contributed by atoms with Crippen molar-refractivity contribution in [1.29, 1.82) is 0 Å². The third-order valence-electron chi connectivity index (χ3n) is 6.11. The van der Waals surface area contributed by atoms with Gasteiger partial charge in [0.2, 0.25) is 0 Å². The normalized spacial score (nSPS) is 28.1. The van der Waals surface area contributed by atoms with E-state index >= 15 is 0 Å². The number of nitro groups is 1. The van der Waals surface area contributed by atoms with E-state index in [2.05, 4.69) is 16.5 Å². The van der Waals surface area contributed by atoms with Crippen molar-refractivity contribution in [2.45, 2.75) is 25.0 Å². The topological polar surface area (TPSA) is 88.7 Å². The second-order valence-corrected chi connectivity index (χ2v) is 7.36. The van der Waals surface area contributed by atoms with E-state index in [1.165, 1.54) is 7.11 Å². The van der Waals surface area contributed by atoms with Crippen LogP contribution in [-0.4, -0.2) is 46.2 Å². The van der Waals surface area contributed by atoms with E-state index in [1.807, 2.05) is 6.08 Å². The maximum atomic E-state index is 11.7. The van der Waals surface area contributed by atoms with Gasteiger partial charge in [0.1, 0.15) is 0 Å². The fraction of sp³-hybridized carbons (Fsp3) is 0.450. The molecule has 3 fully saturated rings. The Labute approximate surface area is 157 Å². The number of methoxy groups -OCH3 is 1. The zero-order valence-electron chi connectivity index (χ0n) is 15.2. The van der Waals surface area contributed by atoms with Crippen LogP contribution in [0.4, 0.5) is 5.69 Å². The van der Waals surface area contributed by atoms with Gasteiger partial charge in [-0.05, 0) is 49.4 Å². The summed E-state index contributed by atoms with van der Waals surface area (Å²) in [5, 5.41) is 23.3. The molecule has 0 amide bonds. The molecule has 2 aromatic rings. The molecule has 0 saturated carbocycles. The van der Waals surface area contributed by atoms with Crippen LogP contribution in [0.2, 0.25) is 0 Å². The minimum Gasteiger partial charge on any atom is -0.490 e. The van der Waals surface area contributed by atoms with Crippen LogP contribution in [0.3, 0.4) is 0 Å². The number of nitrogens with zero attached hydrogens (tertiary/aromatic N) is 3. The first-order chi connectivity index (χ1) is 13.0. The average molecular weight is 369 g/mol. The van der Waals surface area contributed by atoms with Gasteiger partial charge in [-0.2, -0.15) is 0 Å². The number of ether oxygens (including phenoxy) is 1. The maximum Gasteiger partial charge on any atom is 0.320 e. The minimum absolute atomic E-state index is 0.0589. The molecule has 0 radical (unpaired) electrons. The largest absolute Gasteiger partial charge is 0.490 e. The molecule has 3 saturated heterocycles. The summed E-state index contributed by atoms with van der Waals surface area (Å²) in [5.74, 6) is 1.13. The number of piperidine rings is 3. The van der Waals surface area contributed by atoms with Gasteiger partial charge in [0.05, 0.1) is 29.0 Å². The summed E-state index contributed by atoms with van der Waals surface area (Å²) in [6.07, 6.45) is 4.75. The summed E-state index contributed by atoms with van der Waals surface area (Å²) < 4.78 is 5.20. The van der Waals surface area contributed by atoms with E-state index in [1.54, 1.807) is 24.4 Å². The van der Waals surface area contributed by atoms with Crippen molar-refractivity contribution < 1.29 is 14.8 Å². The van der Waals surface area contributed by atoms with Crippen LogP contribution in [0.25, 0.3) is 10.9 Å². The predicted molar refractivity (Wildman–Crippen MR) is 102 cm³/mol. The number of benzene rings is 1. The second kappa shape index (κ2) is 6.90. The Morgan fingerprint density at radius 1 is 1.48 bits per heavy atom. The lowest BCUT2D eigenvalue weighted by molar-refractivity contribution is -0.384. The highest BCUT2D eigenvalue weighted by Gasteiger charge is 2.42. The van der Waals surface area contributed by atoms with Gasteiger partial charge in [-0.3, -0.25) is 20.0 Å². The molecule has 2 bridgehead atoms. The third-order valence-corrected chi connectivity index (χ3v) is 6.11. The highest BCUT2D eigenvalue weighted by Crippen LogP contribution is 2.44. The highest BCUT2D eigenvalue weighted by atomic mass is 16.6. The van der Waals surface area contributed by atoms with E-state index in [0.29, 0.717) is 28.3 Å². The molecule has 4 heterocycles. The number of rotatable bonds is 5. The molecule has 1 N–H and O–H groups in total. The van der Waals surface area contributed by atoms with Gasteiger partial charge in [0.25, 0.3) is 0 Å². The summed E-state index contributed by atoms with van der Waals surface area (Å²) in [7, 11) is 1.40. The first kappa shape index (κ1) is 17.9. The first-order valence-electron chi connectivity index (χ1n) is 9.19. The number of hydrogen-bond acceptors (Lipinski definition) is 6. The van der Waals surface area contributed by atoms with Crippen LogP contribution < -0.4 is 4.74 Å². The summed E-state index contributed by atoms with van der Waals surface area (Å²) in [6, 6.07) is 4.87. The highest BCUT2D eigenvalue weighted by molar-refractivity contribution is 5.94. The Bertz CT molecular complexity index is 900. The number of aliphatic hydroxyl groups excluding tert-OH is 1. The molecule has 1 unspecified atom stereocenters. The zero-order valence-corrected chi connectivity index (χ0v) is 15.2. The van der Waals surface area contributed by atoms with E-state index in [9.17, 15) is 15.2 Å². The van der Waals surface area contributed by atoms with Crippen molar-refractivity contribution in [1.82, 2.24) is 9.88 Å². The number of aromatic nitrogens is 1. The van der Waals surface area contributed by atoms with E-state index in [0.717, 1.165) is 25.9 Å². The lowest BCUT2D eigenvalue weighted by atomic mass is 9.73. The maximum absolute atomic E-state index is 11.7. The van der Waals surface area contributed by atoms with Crippen LogP contribution in [0.15, 0.2) is 37.1 Å². The molecule has 27 heavy (non-hydrogen) atoms. The van der Waals surface area contributed by atoms with Crippen molar-refractivity contribution in [2.24, 2.45) is 11.8 Å². The SMILES string of the molecule is C=C[C@H]1CN2CC[C@H]1C[C@H]2[C@H](O)c1ccnc2ccc(OC)c([N+](=O)[O-])c12. The Balaban J connectivity index is 1.80. The van der Waals surface area contributed by atoms with Gasteiger partial charge in [0, 0.05) is 24.3 Å². The molecule has 5 rings (SSSR count). The summed E-state index contributed by atoms with van der Waals surface area (Å²) in [6.45, 7) is 5.75. The second-order valence-electron chi connectivity index (χ2n) is 7.36. The first-order valence-corrected chi connectivity index (χ1v) is 9.19. The Morgan fingerprint density at radius 3 is 2.93 bits per heavy atom. The standard InChI is InChI=1S/C20H23N3O4/c1-3-12-11-22-9-7-13(12)10-16(22)20(24)14-6-8-21-15-4-5-17(27-2)19(18(14)15)23(25)26/h3-6,8,12-13,16,20,24H,1,7,9-11H2,2H3/t12-,13-,16-,20+/m0/s1. The monoisotopic (exact) mass is 369 g/mol. The molecule has 3 aliphatic heterocycles. The van der Waals surface area contributed by atoms with Crippen LogP contribution in [0, 0.1) is 22.0 Å². The van der Waals surface area contributed by atoms with Gasteiger partial charge < -0.3 is 9.84 Å². The molecular weight excluding hydrogens is 346 g/mol. The van der Waals surface area contributed by atoms with Gasteiger partial charge in [-0.15, -0.1) is 6.58 Å². The third kappa shape index (κ3) is 2.87. The lowest BCUT2D eigenvalue weighted by Gasteiger charge is -2.50. The quantitative estimate of drug-likeness (QED) is 0.495. The van der Waals surface area contributed by atoms with E-state index in [4.69, 9.17) is 4.74 Å².